The third kappa shape index (κ3) is 2.94. The van der Waals surface area contributed by atoms with E-state index in [0.29, 0.717) is 0 Å². The lowest BCUT2D eigenvalue weighted by Crippen LogP contribution is -2.27. The Balaban J connectivity index is 2.31. The first-order valence-corrected chi connectivity index (χ1v) is 6.68. The number of nitrogens with zero attached hydrogens (tertiary/aromatic N) is 3. The molecule has 0 fully saturated rings. The molecule has 0 saturated heterocycles. The monoisotopic (exact) mass is 317 g/mol. The summed E-state index contributed by atoms with van der Waals surface area (Å²) in [7, 11) is 3.13. The maximum Gasteiger partial charge on any atom is 0.344 e. The van der Waals surface area contributed by atoms with Crippen LogP contribution in [0.3, 0.4) is 0 Å². The van der Waals surface area contributed by atoms with Gasteiger partial charge in [-0.15, -0.1) is 0 Å². The second-order valence-electron chi connectivity index (χ2n) is 4.06. The van der Waals surface area contributed by atoms with Gasteiger partial charge in [-0.05, 0) is 12.1 Å². The molecule has 2 rings (SSSR count). The molecule has 0 atom stereocenters. The van der Waals surface area contributed by atoms with E-state index in [1.807, 2.05) is 0 Å². The smallest absolute Gasteiger partial charge is 0.329 e. The first-order chi connectivity index (χ1) is 9.40. The molecule has 0 bridgehead atoms. The molecular weight excluding hydrogens is 308 g/mol. The first-order valence-electron chi connectivity index (χ1n) is 5.49. The molecule has 0 saturated carbocycles. The molecule has 1 aromatic heterocycles. The molecule has 1 heterocycles. The molecule has 0 aliphatic heterocycles. The Morgan fingerprint density at radius 2 is 2.10 bits per heavy atom. The maximum absolute atomic E-state index is 13.6. The average Bonchev–Trinajstić information content (AvgIpc) is 2.75. The average molecular weight is 318 g/mol. The largest absolute Gasteiger partial charge is 0.344 e. The molecule has 0 N–H and O–H groups in total. The molecule has 0 radical (unpaired) electrons. The molecule has 20 heavy (non-hydrogen) atoms. The predicted molar refractivity (Wildman–Crippen MR) is 72.2 cm³/mol. The second-order valence-corrected chi connectivity index (χ2v) is 5.50. The number of hydrogen-bond donors (Lipinski definition) is 0. The third-order valence-electron chi connectivity index (χ3n) is 2.34. The van der Waals surface area contributed by atoms with Crippen molar-refractivity contribution < 1.29 is 13.6 Å². The summed E-state index contributed by atoms with van der Waals surface area (Å²) in [5.74, 6) is -1.92. The van der Waals surface area contributed by atoms with Crippen molar-refractivity contribution in [2.75, 3.05) is 14.1 Å². The minimum absolute atomic E-state index is 0.0504. The van der Waals surface area contributed by atoms with Crippen molar-refractivity contribution in [3.63, 3.8) is 0 Å². The molecule has 1 aromatic carbocycles. The molecule has 1 amide bonds. The van der Waals surface area contributed by atoms with Gasteiger partial charge in [0.25, 0.3) is 0 Å². The number of carbonyl (C=O) groups is 1. The Hall–Kier alpha value is -1.60. The van der Waals surface area contributed by atoms with Crippen LogP contribution in [-0.2, 0) is 0 Å². The fourth-order valence-corrected chi connectivity index (χ4v) is 2.44. The van der Waals surface area contributed by atoms with Crippen LogP contribution in [0.2, 0.25) is 5.02 Å². The topological polar surface area (TPSA) is 38.1 Å². The number of halogens is 3. The van der Waals surface area contributed by atoms with Gasteiger partial charge in [-0.3, -0.25) is 0 Å². The molecule has 2 aromatic rings. The molecule has 0 aliphatic rings. The van der Waals surface area contributed by atoms with Gasteiger partial charge in [0, 0.05) is 14.1 Å². The fraction of sp³-hybridized carbons (Fsp3) is 0.167. The van der Waals surface area contributed by atoms with Gasteiger partial charge >= 0.3 is 6.03 Å². The predicted octanol–water partition coefficient (Wildman–Crippen LogP) is 3.50. The Kier molecular flexibility index (Phi) is 4.29. The Morgan fingerprint density at radius 3 is 2.75 bits per heavy atom. The van der Waals surface area contributed by atoms with Gasteiger partial charge in [-0.25, -0.2) is 13.6 Å². The zero-order valence-corrected chi connectivity index (χ0v) is 12.2. The van der Waals surface area contributed by atoms with Crippen LogP contribution in [0.1, 0.15) is 0 Å². The van der Waals surface area contributed by atoms with Crippen molar-refractivity contribution in [3.8, 4) is 0 Å². The molecule has 106 valence electrons. The van der Waals surface area contributed by atoms with Gasteiger partial charge < -0.3 is 4.90 Å². The lowest BCUT2D eigenvalue weighted by atomic mass is 10.3. The van der Waals surface area contributed by atoms with Crippen molar-refractivity contribution in [2.45, 2.75) is 9.92 Å². The third-order valence-corrected chi connectivity index (χ3v) is 3.76. The van der Waals surface area contributed by atoms with Crippen LogP contribution in [-0.4, -0.2) is 34.8 Å². The minimum Gasteiger partial charge on any atom is -0.329 e. The van der Waals surface area contributed by atoms with Crippen LogP contribution in [0, 0.1) is 11.6 Å². The van der Waals surface area contributed by atoms with E-state index >= 15 is 0 Å². The first kappa shape index (κ1) is 14.8. The van der Waals surface area contributed by atoms with E-state index in [2.05, 4.69) is 5.10 Å². The van der Waals surface area contributed by atoms with Crippen molar-refractivity contribution in [3.05, 3.63) is 41.1 Å². The summed E-state index contributed by atoms with van der Waals surface area (Å²) in [5.41, 5.74) is 0. The second kappa shape index (κ2) is 5.80. The van der Waals surface area contributed by atoms with Gasteiger partial charge in [0.1, 0.15) is 5.03 Å². The van der Waals surface area contributed by atoms with E-state index in [-0.39, 0.29) is 14.9 Å². The fourth-order valence-electron chi connectivity index (χ4n) is 1.38. The van der Waals surface area contributed by atoms with Gasteiger partial charge in [0.15, 0.2) is 11.6 Å². The lowest BCUT2D eigenvalue weighted by Gasteiger charge is -2.08. The van der Waals surface area contributed by atoms with E-state index < -0.39 is 17.7 Å². The Labute approximate surface area is 123 Å². The SMILES string of the molecule is CN(C)C(=O)n1cc(Cl)c(Sc2cccc(F)c2F)n1. The van der Waals surface area contributed by atoms with Gasteiger partial charge in [-0.1, -0.05) is 29.4 Å². The number of carbonyl (C=O) groups excluding carboxylic acids is 1. The quantitative estimate of drug-likeness (QED) is 0.851. The molecule has 8 heteroatoms. The van der Waals surface area contributed by atoms with E-state index in [1.165, 1.54) is 23.2 Å². The summed E-state index contributed by atoms with van der Waals surface area (Å²) in [6, 6.07) is 3.43. The summed E-state index contributed by atoms with van der Waals surface area (Å²) in [6.45, 7) is 0. The van der Waals surface area contributed by atoms with Gasteiger partial charge in [0.2, 0.25) is 0 Å². The highest BCUT2D eigenvalue weighted by atomic mass is 35.5. The summed E-state index contributed by atoms with van der Waals surface area (Å²) in [5, 5.41) is 4.38. The Bertz CT molecular complexity index is 660. The number of benzene rings is 1. The van der Waals surface area contributed by atoms with Gasteiger partial charge in [0.05, 0.1) is 16.1 Å². The zero-order chi connectivity index (χ0) is 14.9. The highest BCUT2D eigenvalue weighted by Gasteiger charge is 2.17. The molecular formula is C12H10ClF2N3OS. The summed E-state index contributed by atoms with van der Waals surface area (Å²) in [4.78, 5) is 13.1. The molecule has 0 unspecified atom stereocenters. The number of hydrogen-bond acceptors (Lipinski definition) is 3. The molecule has 4 nitrogen and oxygen atoms in total. The number of rotatable bonds is 2. The lowest BCUT2D eigenvalue weighted by molar-refractivity contribution is 0.215. The number of aromatic nitrogens is 2. The van der Waals surface area contributed by atoms with Crippen LogP contribution < -0.4 is 0 Å². The van der Waals surface area contributed by atoms with Crippen LogP contribution in [0.25, 0.3) is 0 Å². The van der Waals surface area contributed by atoms with Crippen LogP contribution in [0.15, 0.2) is 34.3 Å². The van der Waals surface area contributed by atoms with Crippen molar-refractivity contribution in [1.82, 2.24) is 14.7 Å². The van der Waals surface area contributed by atoms with Crippen molar-refractivity contribution >= 4 is 29.4 Å². The highest BCUT2D eigenvalue weighted by molar-refractivity contribution is 7.99. The zero-order valence-electron chi connectivity index (χ0n) is 10.6. The summed E-state index contributed by atoms with van der Waals surface area (Å²) >= 11 is 6.80. The van der Waals surface area contributed by atoms with Crippen LogP contribution in [0.5, 0.6) is 0 Å². The summed E-state index contributed by atoms with van der Waals surface area (Å²) < 4.78 is 27.7. The molecule has 0 spiro atoms. The van der Waals surface area contributed by atoms with Crippen molar-refractivity contribution in [2.24, 2.45) is 0 Å². The van der Waals surface area contributed by atoms with Crippen LogP contribution in [0.4, 0.5) is 13.6 Å². The van der Waals surface area contributed by atoms with Crippen LogP contribution >= 0.6 is 23.4 Å². The van der Waals surface area contributed by atoms with E-state index in [1.54, 1.807) is 14.1 Å². The minimum atomic E-state index is -0.970. The molecule has 0 aliphatic carbocycles. The van der Waals surface area contributed by atoms with E-state index in [9.17, 15) is 13.6 Å². The normalized spacial score (nSPS) is 10.7. The number of amides is 1. The van der Waals surface area contributed by atoms with E-state index in [4.69, 9.17) is 11.6 Å². The highest BCUT2D eigenvalue weighted by Crippen LogP contribution is 2.34. The van der Waals surface area contributed by atoms with Crippen molar-refractivity contribution in [1.29, 1.82) is 0 Å². The summed E-state index contributed by atoms with van der Waals surface area (Å²) in [6.07, 6.45) is 1.32. The van der Waals surface area contributed by atoms with Gasteiger partial charge in [-0.2, -0.15) is 9.78 Å². The maximum atomic E-state index is 13.6. The Morgan fingerprint density at radius 1 is 1.40 bits per heavy atom. The standard InChI is InChI=1S/C12H10ClF2N3OS/c1-17(2)12(19)18-6-7(13)11(16-18)20-9-5-3-4-8(14)10(9)15/h3-6H,1-2H3. The van der Waals surface area contributed by atoms with E-state index in [0.717, 1.165) is 22.5 Å².